The van der Waals surface area contributed by atoms with Gasteiger partial charge in [0.2, 0.25) is 0 Å². The van der Waals surface area contributed by atoms with Crippen LogP contribution < -0.4 is 11.1 Å². The molecule has 0 atom stereocenters. The third-order valence-corrected chi connectivity index (χ3v) is 4.08. The number of nitrogens with zero attached hydrogens (tertiary/aromatic N) is 1. The summed E-state index contributed by atoms with van der Waals surface area (Å²) in [6, 6.07) is 7.51. The van der Waals surface area contributed by atoms with Gasteiger partial charge in [-0.1, -0.05) is 6.92 Å². The maximum Gasteiger partial charge on any atom is 0.257 e. The van der Waals surface area contributed by atoms with E-state index in [2.05, 4.69) is 17.2 Å². The zero-order chi connectivity index (χ0) is 15.2. The first-order valence-electron chi connectivity index (χ1n) is 6.85. The Kier molecular flexibility index (Phi) is 5.22. The first kappa shape index (κ1) is 15.4. The molecule has 3 N–H and O–H groups in total. The highest BCUT2D eigenvalue weighted by Crippen LogP contribution is 2.27. The van der Waals surface area contributed by atoms with E-state index in [4.69, 9.17) is 5.73 Å². The van der Waals surface area contributed by atoms with E-state index in [-0.39, 0.29) is 5.91 Å². The van der Waals surface area contributed by atoms with Crippen molar-refractivity contribution in [1.29, 1.82) is 0 Å². The topological polar surface area (TPSA) is 68.0 Å². The number of pyridine rings is 1. The Bertz CT molecular complexity index is 643. The van der Waals surface area contributed by atoms with Crippen LogP contribution in [-0.2, 0) is 0 Å². The summed E-state index contributed by atoms with van der Waals surface area (Å²) >= 11 is 1.75. The Morgan fingerprint density at radius 3 is 2.86 bits per heavy atom. The van der Waals surface area contributed by atoms with Crippen LogP contribution in [0.3, 0.4) is 0 Å². The Morgan fingerprint density at radius 1 is 1.33 bits per heavy atom. The van der Waals surface area contributed by atoms with E-state index in [1.807, 2.05) is 25.1 Å². The maximum atomic E-state index is 12.2. The van der Waals surface area contributed by atoms with Gasteiger partial charge < -0.3 is 11.1 Å². The number of nitrogens with two attached hydrogens (primary N) is 1. The molecule has 0 aliphatic heterocycles. The van der Waals surface area contributed by atoms with Crippen LogP contribution >= 0.6 is 11.8 Å². The fourth-order valence-corrected chi connectivity index (χ4v) is 2.63. The minimum Gasteiger partial charge on any atom is -0.397 e. The molecular formula is C16H19N3OS. The SMILES string of the molecule is CCCSc1ccc(N)c(NC(=O)c2cncc(C)c2)c1. The average molecular weight is 301 g/mol. The summed E-state index contributed by atoms with van der Waals surface area (Å²) < 4.78 is 0. The summed E-state index contributed by atoms with van der Waals surface area (Å²) in [5.74, 6) is 0.842. The third kappa shape index (κ3) is 4.23. The van der Waals surface area contributed by atoms with Crippen molar-refractivity contribution in [2.24, 2.45) is 0 Å². The molecule has 1 heterocycles. The molecule has 2 rings (SSSR count). The Balaban J connectivity index is 2.16. The molecule has 0 saturated carbocycles. The number of aryl methyl sites for hydroxylation is 1. The van der Waals surface area contributed by atoms with Gasteiger partial charge in [-0.2, -0.15) is 0 Å². The van der Waals surface area contributed by atoms with Crippen LogP contribution in [0.4, 0.5) is 11.4 Å². The Hall–Kier alpha value is -2.01. The molecule has 0 radical (unpaired) electrons. The summed E-state index contributed by atoms with van der Waals surface area (Å²) in [4.78, 5) is 17.4. The molecule has 0 unspecified atom stereocenters. The standard InChI is InChI=1S/C16H19N3OS/c1-3-6-21-13-4-5-14(17)15(8-13)19-16(20)12-7-11(2)9-18-10-12/h4-5,7-10H,3,6,17H2,1-2H3,(H,19,20). The molecular weight excluding hydrogens is 282 g/mol. The van der Waals surface area contributed by atoms with Gasteiger partial charge in [0.25, 0.3) is 5.91 Å². The second kappa shape index (κ2) is 7.13. The van der Waals surface area contributed by atoms with Gasteiger partial charge in [-0.3, -0.25) is 9.78 Å². The van der Waals surface area contributed by atoms with E-state index in [9.17, 15) is 4.79 Å². The van der Waals surface area contributed by atoms with Crippen molar-refractivity contribution in [2.75, 3.05) is 16.8 Å². The maximum absolute atomic E-state index is 12.2. The Labute approximate surface area is 129 Å². The number of hydrogen-bond acceptors (Lipinski definition) is 4. The zero-order valence-electron chi connectivity index (χ0n) is 12.2. The summed E-state index contributed by atoms with van der Waals surface area (Å²) in [6.07, 6.45) is 4.37. The number of anilines is 2. The van der Waals surface area contributed by atoms with Gasteiger partial charge in [0.1, 0.15) is 0 Å². The number of rotatable bonds is 5. The van der Waals surface area contributed by atoms with Crippen LogP contribution in [0.2, 0.25) is 0 Å². The Morgan fingerprint density at radius 2 is 2.14 bits per heavy atom. The van der Waals surface area contributed by atoms with Crippen molar-refractivity contribution in [1.82, 2.24) is 4.98 Å². The zero-order valence-corrected chi connectivity index (χ0v) is 13.0. The highest BCUT2D eigenvalue weighted by atomic mass is 32.2. The van der Waals surface area contributed by atoms with Crippen LogP contribution in [0, 0.1) is 6.92 Å². The fourth-order valence-electron chi connectivity index (χ4n) is 1.83. The second-order valence-electron chi connectivity index (χ2n) is 4.80. The number of nitrogens with one attached hydrogen (secondary N) is 1. The number of carbonyl (C=O) groups is 1. The summed E-state index contributed by atoms with van der Waals surface area (Å²) in [7, 11) is 0. The number of thioether (sulfide) groups is 1. The van der Waals surface area contributed by atoms with Gasteiger partial charge >= 0.3 is 0 Å². The van der Waals surface area contributed by atoms with E-state index >= 15 is 0 Å². The monoisotopic (exact) mass is 301 g/mol. The molecule has 2 aromatic rings. The van der Waals surface area contributed by atoms with Gasteiger partial charge in [-0.25, -0.2) is 0 Å². The highest BCUT2D eigenvalue weighted by Gasteiger charge is 2.09. The lowest BCUT2D eigenvalue weighted by molar-refractivity contribution is 0.102. The normalized spacial score (nSPS) is 10.4. The molecule has 0 aliphatic rings. The fraction of sp³-hybridized carbons (Fsp3) is 0.250. The number of amides is 1. The van der Waals surface area contributed by atoms with Crippen molar-refractivity contribution in [3.8, 4) is 0 Å². The number of carbonyl (C=O) groups excluding carboxylic acids is 1. The van der Waals surface area contributed by atoms with Crippen LogP contribution in [0.5, 0.6) is 0 Å². The molecule has 21 heavy (non-hydrogen) atoms. The molecule has 4 nitrogen and oxygen atoms in total. The molecule has 0 aliphatic carbocycles. The van der Waals surface area contributed by atoms with Gasteiger partial charge in [-0.05, 0) is 48.9 Å². The van der Waals surface area contributed by atoms with Crippen molar-refractivity contribution in [3.63, 3.8) is 0 Å². The van der Waals surface area contributed by atoms with Crippen molar-refractivity contribution >= 4 is 29.0 Å². The predicted molar refractivity (Wildman–Crippen MR) is 88.8 cm³/mol. The van der Waals surface area contributed by atoms with Crippen LogP contribution in [0.25, 0.3) is 0 Å². The van der Waals surface area contributed by atoms with Crippen LogP contribution in [0.15, 0.2) is 41.6 Å². The first-order chi connectivity index (χ1) is 10.1. The number of aromatic nitrogens is 1. The van der Waals surface area contributed by atoms with E-state index in [0.717, 1.165) is 22.6 Å². The first-order valence-corrected chi connectivity index (χ1v) is 7.84. The molecule has 0 saturated heterocycles. The van der Waals surface area contributed by atoms with E-state index in [0.29, 0.717) is 16.9 Å². The highest BCUT2D eigenvalue weighted by molar-refractivity contribution is 7.99. The summed E-state index contributed by atoms with van der Waals surface area (Å²) in [5, 5.41) is 2.85. The summed E-state index contributed by atoms with van der Waals surface area (Å²) in [6.45, 7) is 4.04. The molecule has 5 heteroatoms. The quantitative estimate of drug-likeness (QED) is 0.652. The van der Waals surface area contributed by atoms with Crippen molar-refractivity contribution in [3.05, 3.63) is 47.8 Å². The molecule has 0 bridgehead atoms. The number of benzene rings is 1. The van der Waals surface area contributed by atoms with E-state index in [1.54, 1.807) is 30.2 Å². The molecule has 1 aromatic carbocycles. The minimum atomic E-state index is -0.199. The molecule has 0 spiro atoms. The largest absolute Gasteiger partial charge is 0.397 e. The smallest absolute Gasteiger partial charge is 0.257 e. The molecule has 0 fully saturated rings. The van der Waals surface area contributed by atoms with Crippen LogP contribution in [0.1, 0.15) is 29.3 Å². The molecule has 110 valence electrons. The van der Waals surface area contributed by atoms with Gasteiger partial charge in [0.05, 0.1) is 16.9 Å². The average Bonchev–Trinajstić information content (AvgIpc) is 2.48. The lowest BCUT2D eigenvalue weighted by Crippen LogP contribution is -2.13. The third-order valence-electron chi connectivity index (χ3n) is 2.88. The predicted octanol–water partition coefficient (Wildman–Crippen LogP) is 3.73. The van der Waals surface area contributed by atoms with Crippen molar-refractivity contribution in [2.45, 2.75) is 25.2 Å². The molecule has 1 amide bonds. The van der Waals surface area contributed by atoms with Gasteiger partial charge in [-0.15, -0.1) is 11.8 Å². The van der Waals surface area contributed by atoms with E-state index in [1.165, 1.54) is 0 Å². The minimum absolute atomic E-state index is 0.199. The van der Waals surface area contributed by atoms with Crippen LogP contribution in [-0.4, -0.2) is 16.6 Å². The lowest BCUT2D eigenvalue weighted by atomic mass is 10.2. The summed E-state index contributed by atoms with van der Waals surface area (Å²) in [5.41, 5.74) is 8.61. The molecule has 1 aromatic heterocycles. The lowest BCUT2D eigenvalue weighted by Gasteiger charge is -2.10. The van der Waals surface area contributed by atoms with Gasteiger partial charge in [0.15, 0.2) is 0 Å². The van der Waals surface area contributed by atoms with Gasteiger partial charge in [0, 0.05) is 17.3 Å². The van der Waals surface area contributed by atoms with E-state index < -0.39 is 0 Å². The number of nitrogen functional groups attached to an aromatic ring is 1. The second-order valence-corrected chi connectivity index (χ2v) is 5.97. The number of hydrogen-bond donors (Lipinski definition) is 2. The van der Waals surface area contributed by atoms with Crippen molar-refractivity contribution < 1.29 is 4.79 Å².